The first-order valence-electron chi connectivity index (χ1n) is 13.1. The number of hydrogen-bond donors (Lipinski definition) is 2. The summed E-state index contributed by atoms with van der Waals surface area (Å²) in [6.45, 7) is 7.70. The van der Waals surface area contributed by atoms with Gasteiger partial charge in [-0.1, -0.05) is 44.2 Å². The zero-order valence-corrected chi connectivity index (χ0v) is 23.0. The second-order valence-electron chi connectivity index (χ2n) is 10.7. The van der Waals surface area contributed by atoms with Crippen molar-refractivity contribution in [1.29, 1.82) is 0 Å². The van der Waals surface area contributed by atoms with Gasteiger partial charge in [-0.25, -0.2) is 4.98 Å². The molecule has 206 valence electrons. The number of carbonyl (C=O) groups excluding carboxylic acids is 2. The lowest BCUT2D eigenvalue weighted by atomic mass is 9.93. The molecule has 4 rings (SSSR count). The Morgan fingerprint density at radius 1 is 1.18 bits per heavy atom. The minimum Gasteiger partial charge on any atom is -0.497 e. The van der Waals surface area contributed by atoms with Crippen LogP contribution in [0.3, 0.4) is 0 Å². The molecule has 1 aromatic heterocycles. The highest BCUT2D eigenvalue weighted by Gasteiger charge is 2.50. The molecule has 3 aromatic rings. The Kier molecular flexibility index (Phi) is 8.09. The Balaban J connectivity index is 1.59. The topological polar surface area (TPSA) is 114 Å². The number of aliphatic carboxylic acids is 1. The van der Waals surface area contributed by atoms with Gasteiger partial charge in [0.15, 0.2) is 0 Å². The second-order valence-corrected chi connectivity index (χ2v) is 10.7. The highest BCUT2D eigenvalue weighted by atomic mass is 16.5. The number of aromatic nitrogens is 2. The molecule has 3 unspecified atom stereocenters. The number of carboxylic acid groups (broad SMARTS) is 1. The van der Waals surface area contributed by atoms with Gasteiger partial charge in [-0.3, -0.25) is 24.3 Å². The molecule has 2 amide bonds. The number of para-hydroxylation sites is 1. The molecule has 2 aromatic carbocycles. The number of benzene rings is 2. The molecule has 1 saturated carbocycles. The number of carboxylic acids is 1. The third-order valence-corrected chi connectivity index (χ3v) is 7.63. The fourth-order valence-electron chi connectivity index (χ4n) is 4.88. The van der Waals surface area contributed by atoms with Crippen LogP contribution in [0.5, 0.6) is 5.75 Å². The summed E-state index contributed by atoms with van der Waals surface area (Å²) in [4.78, 5) is 44.9. The van der Waals surface area contributed by atoms with E-state index in [1.54, 1.807) is 38.1 Å². The van der Waals surface area contributed by atoms with Gasteiger partial charge in [-0.15, -0.1) is 0 Å². The summed E-state index contributed by atoms with van der Waals surface area (Å²) in [5, 5.41) is 12.5. The number of imidazole rings is 1. The van der Waals surface area contributed by atoms with Crippen molar-refractivity contribution in [3.05, 3.63) is 72.1 Å². The average molecular weight is 533 g/mol. The number of hydrogen-bond acceptors (Lipinski definition) is 5. The zero-order valence-electron chi connectivity index (χ0n) is 23.0. The predicted octanol–water partition coefficient (Wildman–Crippen LogP) is 4.61. The number of nitrogens with one attached hydrogen (secondary N) is 1. The van der Waals surface area contributed by atoms with E-state index < -0.39 is 30.1 Å². The number of anilines is 1. The van der Waals surface area contributed by atoms with Crippen LogP contribution in [0.15, 0.2) is 60.8 Å². The van der Waals surface area contributed by atoms with Crippen molar-refractivity contribution in [1.82, 2.24) is 14.5 Å². The monoisotopic (exact) mass is 532 g/mol. The van der Waals surface area contributed by atoms with Crippen LogP contribution in [0.1, 0.15) is 57.7 Å². The number of amides is 2. The lowest BCUT2D eigenvalue weighted by molar-refractivity contribution is -0.143. The lowest BCUT2D eigenvalue weighted by Crippen LogP contribution is -2.45. The molecule has 0 bridgehead atoms. The average Bonchev–Trinajstić information content (AvgIpc) is 3.32. The summed E-state index contributed by atoms with van der Waals surface area (Å²) in [5.74, 6) is -1.54. The first-order chi connectivity index (χ1) is 18.5. The Hall–Kier alpha value is -4.14. The predicted molar refractivity (Wildman–Crippen MR) is 148 cm³/mol. The summed E-state index contributed by atoms with van der Waals surface area (Å²) in [6, 6.07) is 16.1. The zero-order chi connectivity index (χ0) is 28.3. The Morgan fingerprint density at radius 2 is 1.87 bits per heavy atom. The molecule has 1 heterocycles. The Morgan fingerprint density at radius 3 is 2.46 bits per heavy atom. The molecular formula is C30H36N4O5. The molecule has 0 spiro atoms. The summed E-state index contributed by atoms with van der Waals surface area (Å²) >= 11 is 0. The number of ether oxygens (including phenoxy) is 1. The van der Waals surface area contributed by atoms with Gasteiger partial charge in [-0.05, 0) is 56.0 Å². The van der Waals surface area contributed by atoms with E-state index >= 15 is 0 Å². The maximum absolute atomic E-state index is 13.7. The van der Waals surface area contributed by atoms with Gasteiger partial charge in [0, 0.05) is 23.3 Å². The largest absolute Gasteiger partial charge is 0.497 e. The number of rotatable bonds is 11. The first kappa shape index (κ1) is 27.9. The van der Waals surface area contributed by atoms with Gasteiger partial charge in [0.05, 0.1) is 25.1 Å². The van der Waals surface area contributed by atoms with Gasteiger partial charge in [0.2, 0.25) is 17.8 Å². The Labute approximate surface area is 228 Å². The molecule has 0 radical (unpaired) electrons. The Bertz CT molecular complexity index is 1350. The van der Waals surface area contributed by atoms with Crippen LogP contribution < -0.4 is 10.1 Å². The molecule has 1 aliphatic rings. The van der Waals surface area contributed by atoms with E-state index in [2.05, 4.69) is 19.2 Å². The van der Waals surface area contributed by atoms with E-state index in [1.165, 1.54) is 12.0 Å². The molecular weight excluding hydrogens is 496 g/mol. The molecule has 0 aliphatic heterocycles. The third-order valence-electron chi connectivity index (χ3n) is 7.63. The molecule has 1 aliphatic carbocycles. The van der Waals surface area contributed by atoms with Crippen LogP contribution in [0, 0.1) is 5.92 Å². The van der Waals surface area contributed by atoms with E-state index in [0.717, 1.165) is 17.8 Å². The van der Waals surface area contributed by atoms with Crippen molar-refractivity contribution in [3.63, 3.8) is 0 Å². The van der Waals surface area contributed by atoms with Crippen LogP contribution in [-0.2, 0) is 19.8 Å². The summed E-state index contributed by atoms with van der Waals surface area (Å²) in [6.07, 6.45) is 2.58. The van der Waals surface area contributed by atoms with Gasteiger partial charge in [-0.2, -0.15) is 0 Å². The van der Waals surface area contributed by atoms with E-state index in [-0.39, 0.29) is 18.0 Å². The van der Waals surface area contributed by atoms with Gasteiger partial charge in [0.1, 0.15) is 12.3 Å². The van der Waals surface area contributed by atoms with Crippen molar-refractivity contribution in [2.75, 3.05) is 19.0 Å². The van der Waals surface area contributed by atoms with Crippen LogP contribution >= 0.6 is 0 Å². The number of methoxy groups -OCH3 is 1. The van der Waals surface area contributed by atoms with E-state index in [4.69, 9.17) is 9.72 Å². The van der Waals surface area contributed by atoms with Crippen LogP contribution in [-0.4, -0.2) is 57.0 Å². The molecule has 1 fully saturated rings. The molecule has 9 heteroatoms. The molecule has 2 N–H and O–H groups in total. The minimum absolute atomic E-state index is 0.0414. The second kappa shape index (κ2) is 11.3. The first-order valence-corrected chi connectivity index (χ1v) is 13.1. The van der Waals surface area contributed by atoms with Crippen molar-refractivity contribution < 1.29 is 24.2 Å². The summed E-state index contributed by atoms with van der Waals surface area (Å²) < 4.78 is 7.12. The van der Waals surface area contributed by atoms with Crippen LogP contribution in [0.25, 0.3) is 5.69 Å². The van der Waals surface area contributed by atoms with Crippen molar-refractivity contribution >= 4 is 23.7 Å². The summed E-state index contributed by atoms with van der Waals surface area (Å²) in [5.41, 5.74) is 2.24. The SMILES string of the molecule is COc1cccc(C(CC(=O)O)C(=O)N(CC(=O)Nc2nc(C3(C)CC3C)cn2-c2ccccc2)C(C)C)c1. The lowest BCUT2D eigenvalue weighted by Gasteiger charge is -2.30. The van der Waals surface area contributed by atoms with Gasteiger partial charge >= 0.3 is 5.97 Å². The quantitative estimate of drug-likeness (QED) is 0.373. The van der Waals surface area contributed by atoms with Crippen molar-refractivity contribution in [2.45, 2.75) is 57.9 Å². The van der Waals surface area contributed by atoms with Gasteiger partial charge < -0.3 is 14.7 Å². The van der Waals surface area contributed by atoms with Crippen LogP contribution in [0.2, 0.25) is 0 Å². The standard InChI is InChI=1S/C30H36N4O5/c1-19(2)33(28(38)24(15-27(36)37)21-10-9-13-23(14-21)39-5)18-26(35)32-29-31-25(30(4)16-20(30)3)17-34(29)22-11-7-6-8-12-22/h6-14,17,19-20,24H,15-16,18H2,1-5H3,(H,36,37)(H,31,32,35). The maximum Gasteiger partial charge on any atom is 0.304 e. The molecule has 0 saturated heterocycles. The molecule has 3 atom stereocenters. The van der Waals surface area contributed by atoms with E-state index in [9.17, 15) is 19.5 Å². The molecule has 39 heavy (non-hydrogen) atoms. The van der Waals surface area contributed by atoms with Crippen molar-refractivity contribution in [3.8, 4) is 11.4 Å². The van der Waals surface area contributed by atoms with E-state index in [0.29, 0.717) is 23.2 Å². The third kappa shape index (κ3) is 6.13. The number of carbonyl (C=O) groups is 3. The molecule has 9 nitrogen and oxygen atoms in total. The maximum atomic E-state index is 13.7. The van der Waals surface area contributed by atoms with Crippen LogP contribution in [0.4, 0.5) is 5.95 Å². The highest BCUT2D eigenvalue weighted by molar-refractivity contribution is 5.95. The van der Waals surface area contributed by atoms with Gasteiger partial charge in [0.25, 0.3) is 0 Å². The smallest absolute Gasteiger partial charge is 0.304 e. The normalized spacial score (nSPS) is 18.9. The summed E-state index contributed by atoms with van der Waals surface area (Å²) in [7, 11) is 1.51. The van der Waals surface area contributed by atoms with Crippen molar-refractivity contribution in [2.24, 2.45) is 5.92 Å². The number of nitrogens with zero attached hydrogens (tertiary/aromatic N) is 3. The highest BCUT2D eigenvalue weighted by Crippen LogP contribution is 2.53. The minimum atomic E-state index is -1.11. The fraction of sp³-hybridized carbons (Fsp3) is 0.400. The fourth-order valence-corrected chi connectivity index (χ4v) is 4.88. The van der Waals surface area contributed by atoms with E-state index in [1.807, 2.05) is 41.1 Å².